The van der Waals surface area contributed by atoms with E-state index in [1.807, 2.05) is 0 Å². The van der Waals surface area contributed by atoms with Crippen LogP contribution in [0.3, 0.4) is 0 Å². The number of hydrogen-bond donors (Lipinski definition) is 3. The summed E-state index contributed by atoms with van der Waals surface area (Å²) in [6, 6.07) is 6.57. The molecule has 0 amide bonds. The lowest BCUT2D eigenvalue weighted by Crippen LogP contribution is -2.21. The predicted octanol–water partition coefficient (Wildman–Crippen LogP) is 2.19. The molecule has 0 aromatic heterocycles. The Morgan fingerprint density at radius 3 is 2.56 bits per heavy atom. The predicted molar refractivity (Wildman–Crippen MR) is 74.6 cm³/mol. The zero-order valence-electron chi connectivity index (χ0n) is 10.2. The van der Waals surface area contributed by atoms with Crippen LogP contribution in [0.5, 0.6) is 5.75 Å². The van der Waals surface area contributed by atoms with Gasteiger partial charge in [0.2, 0.25) is 0 Å². The zero-order valence-corrected chi connectivity index (χ0v) is 11.1. The molecule has 5 heteroatoms. The summed E-state index contributed by atoms with van der Waals surface area (Å²) in [6.45, 7) is 0.617. The number of carbonyl (C=O) groups is 1. The van der Waals surface area contributed by atoms with Gasteiger partial charge in [-0.15, -0.1) is 0 Å². The molecule has 0 bridgehead atoms. The van der Waals surface area contributed by atoms with Crippen molar-refractivity contribution in [2.75, 3.05) is 12.4 Å². The highest BCUT2D eigenvalue weighted by Gasteiger charge is 2.02. The minimum absolute atomic E-state index is 0.156. The fourth-order valence-electron chi connectivity index (χ4n) is 1.48. The Balaban J connectivity index is 2.21. The molecule has 0 aliphatic rings. The standard InChI is InChI=1S/C13H19NO3S/c14-11(9-18)3-1-2-8-17-12-6-4-10(5-7-12)13(15)16/h4-7,11,18H,1-3,8-9,14H2,(H,15,16). The van der Waals surface area contributed by atoms with Crippen molar-refractivity contribution in [1.82, 2.24) is 0 Å². The lowest BCUT2D eigenvalue weighted by atomic mass is 10.1. The van der Waals surface area contributed by atoms with Crippen molar-refractivity contribution >= 4 is 18.6 Å². The molecule has 1 rings (SSSR count). The molecule has 18 heavy (non-hydrogen) atoms. The average molecular weight is 269 g/mol. The van der Waals surface area contributed by atoms with Crippen molar-refractivity contribution in [3.05, 3.63) is 29.8 Å². The normalized spacial score (nSPS) is 12.1. The lowest BCUT2D eigenvalue weighted by molar-refractivity contribution is 0.0697. The van der Waals surface area contributed by atoms with E-state index in [2.05, 4.69) is 12.6 Å². The maximum atomic E-state index is 10.6. The Hall–Kier alpha value is -1.20. The number of nitrogens with two attached hydrogens (primary N) is 1. The van der Waals surface area contributed by atoms with Crippen LogP contribution in [0, 0.1) is 0 Å². The van der Waals surface area contributed by atoms with Gasteiger partial charge in [-0.1, -0.05) is 0 Å². The number of hydrogen-bond acceptors (Lipinski definition) is 4. The van der Waals surface area contributed by atoms with E-state index in [0.29, 0.717) is 18.1 Å². The van der Waals surface area contributed by atoms with Crippen LogP contribution >= 0.6 is 12.6 Å². The number of benzene rings is 1. The molecule has 0 fully saturated rings. The topological polar surface area (TPSA) is 72.5 Å². The van der Waals surface area contributed by atoms with Gasteiger partial charge in [-0.25, -0.2) is 4.79 Å². The fourth-order valence-corrected chi connectivity index (χ4v) is 1.67. The average Bonchev–Trinajstić information content (AvgIpc) is 2.38. The van der Waals surface area contributed by atoms with E-state index in [4.69, 9.17) is 15.6 Å². The maximum Gasteiger partial charge on any atom is 0.335 e. The quantitative estimate of drug-likeness (QED) is 0.499. The molecule has 0 spiro atoms. The third kappa shape index (κ3) is 5.42. The van der Waals surface area contributed by atoms with Gasteiger partial charge in [0.15, 0.2) is 0 Å². The Labute approximate surface area is 113 Å². The van der Waals surface area contributed by atoms with Crippen LogP contribution in [-0.4, -0.2) is 29.5 Å². The van der Waals surface area contributed by atoms with Crippen molar-refractivity contribution in [2.24, 2.45) is 5.73 Å². The lowest BCUT2D eigenvalue weighted by Gasteiger charge is -2.09. The van der Waals surface area contributed by atoms with Crippen LogP contribution in [0.2, 0.25) is 0 Å². The van der Waals surface area contributed by atoms with Gasteiger partial charge in [-0.2, -0.15) is 12.6 Å². The van der Waals surface area contributed by atoms with Gasteiger partial charge in [0.25, 0.3) is 0 Å². The fraction of sp³-hybridized carbons (Fsp3) is 0.462. The number of ether oxygens (including phenoxy) is 1. The molecule has 0 saturated carbocycles. The Morgan fingerprint density at radius 2 is 2.00 bits per heavy atom. The van der Waals surface area contributed by atoms with Gasteiger partial charge in [0, 0.05) is 11.8 Å². The first kappa shape index (κ1) is 14.9. The monoisotopic (exact) mass is 269 g/mol. The van der Waals surface area contributed by atoms with Crippen molar-refractivity contribution in [2.45, 2.75) is 25.3 Å². The molecule has 0 radical (unpaired) electrons. The summed E-state index contributed by atoms with van der Waals surface area (Å²) in [5.74, 6) is 0.470. The maximum absolute atomic E-state index is 10.6. The van der Waals surface area contributed by atoms with Crippen molar-refractivity contribution in [1.29, 1.82) is 0 Å². The van der Waals surface area contributed by atoms with Crippen LogP contribution in [0.25, 0.3) is 0 Å². The van der Waals surface area contributed by atoms with Gasteiger partial charge < -0.3 is 15.6 Å². The number of carboxylic acids is 1. The summed E-state index contributed by atoms with van der Waals surface area (Å²) in [7, 11) is 0. The second kappa shape index (κ2) is 8.00. The molecular formula is C13H19NO3S. The Bertz CT molecular complexity index is 367. The molecule has 0 saturated heterocycles. The minimum atomic E-state index is -0.928. The minimum Gasteiger partial charge on any atom is -0.494 e. The number of carboxylic acid groups (broad SMARTS) is 1. The van der Waals surface area contributed by atoms with Crippen LogP contribution in [0.15, 0.2) is 24.3 Å². The Kier molecular flexibility index (Phi) is 6.60. The molecule has 0 aliphatic carbocycles. The van der Waals surface area contributed by atoms with Crippen LogP contribution in [0.1, 0.15) is 29.6 Å². The number of thiol groups is 1. The summed E-state index contributed by atoms with van der Waals surface area (Å²) in [5.41, 5.74) is 6.00. The third-order valence-electron chi connectivity index (χ3n) is 2.57. The van der Waals surface area contributed by atoms with Crippen molar-refractivity contribution in [3.63, 3.8) is 0 Å². The van der Waals surface area contributed by atoms with E-state index < -0.39 is 5.97 Å². The molecule has 1 unspecified atom stereocenters. The summed E-state index contributed by atoms with van der Waals surface area (Å²) >= 11 is 4.12. The molecule has 1 atom stereocenters. The molecule has 1 aromatic carbocycles. The van der Waals surface area contributed by atoms with Crippen molar-refractivity contribution < 1.29 is 14.6 Å². The first-order valence-corrected chi connectivity index (χ1v) is 6.59. The zero-order chi connectivity index (χ0) is 13.4. The second-order valence-electron chi connectivity index (χ2n) is 4.12. The molecule has 3 N–H and O–H groups in total. The van der Waals surface area contributed by atoms with E-state index in [1.165, 1.54) is 12.1 Å². The van der Waals surface area contributed by atoms with E-state index in [1.54, 1.807) is 12.1 Å². The number of aromatic carboxylic acids is 1. The molecule has 4 nitrogen and oxygen atoms in total. The first-order chi connectivity index (χ1) is 8.63. The second-order valence-corrected chi connectivity index (χ2v) is 4.48. The molecular weight excluding hydrogens is 250 g/mol. The molecule has 1 aromatic rings. The van der Waals surface area contributed by atoms with Gasteiger partial charge >= 0.3 is 5.97 Å². The highest BCUT2D eigenvalue weighted by Crippen LogP contribution is 2.13. The van der Waals surface area contributed by atoms with Crippen LogP contribution < -0.4 is 10.5 Å². The summed E-state index contributed by atoms with van der Waals surface area (Å²) in [6.07, 6.45) is 2.89. The summed E-state index contributed by atoms with van der Waals surface area (Å²) in [5, 5.41) is 8.74. The SMILES string of the molecule is NC(CS)CCCCOc1ccc(C(=O)O)cc1. The van der Waals surface area contributed by atoms with E-state index in [0.717, 1.165) is 19.3 Å². The van der Waals surface area contributed by atoms with Gasteiger partial charge in [0.05, 0.1) is 12.2 Å². The Morgan fingerprint density at radius 1 is 1.33 bits per heavy atom. The van der Waals surface area contributed by atoms with Gasteiger partial charge in [-0.05, 0) is 43.5 Å². The third-order valence-corrected chi connectivity index (χ3v) is 3.04. The highest BCUT2D eigenvalue weighted by atomic mass is 32.1. The molecule has 100 valence electrons. The molecule has 0 heterocycles. The first-order valence-electron chi connectivity index (χ1n) is 5.96. The van der Waals surface area contributed by atoms with Crippen molar-refractivity contribution in [3.8, 4) is 5.75 Å². The van der Waals surface area contributed by atoms with E-state index in [9.17, 15) is 4.79 Å². The van der Waals surface area contributed by atoms with Crippen LogP contribution in [0.4, 0.5) is 0 Å². The number of rotatable bonds is 8. The summed E-state index contributed by atoms with van der Waals surface area (Å²) < 4.78 is 5.50. The van der Waals surface area contributed by atoms with E-state index >= 15 is 0 Å². The van der Waals surface area contributed by atoms with Crippen LogP contribution in [-0.2, 0) is 0 Å². The smallest absolute Gasteiger partial charge is 0.335 e. The number of unbranched alkanes of at least 4 members (excludes halogenated alkanes) is 1. The summed E-state index contributed by atoms with van der Waals surface area (Å²) in [4.78, 5) is 10.6. The largest absolute Gasteiger partial charge is 0.494 e. The van der Waals surface area contributed by atoms with Gasteiger partial charge in [0.1, 0.15) is 5.75 Å². The van der Waals surface area contributed by atoms with E-state index in [-0.39, 0.29) is 11.6 Å². The van der Waals surface area contributed by atoms with Gasteiger partial charge in [-0.3, -0.25) is 0 Å². The highest BCUT2D eigenvalue weighted by molar-refractivity contribution is 7.80. The molecule has 0 aliphatic heterocycles.